The third kappa shape index (κ3) is 0.716. The molecule has 0 saturated carbocycles. The molecule has 4 nitrogen and oxygen atoms in total. The molecule has 2 aromatic heterocycles. The van der Waals surface area contributed by atoms with E-state index in [1.807, 2.05) is 0 Å². The van der Waals surface area contributed by atoms with Crippen molar-refractivity contribution in [1.82, 2.24) is 18.5 Å². The first kappa shape index (κ1) is 5.82. The third-order valence-electron chi connectivity index (χ3n) is 1.20. The summed E-state index contributed by atoms with van der Waals surface area (Å²) < 4.78 is 1.80. The van der Waals surface area contributed by atoms with Crippen molar-refractivity contribution in [3.05, 3.63) is 18.9 Å². The monoisotopic (exact) mass is 200 g/mol. The maximum absolute atomic E-state index is 4.04. The molecule has 0 saturated heterocycles. The number of imidazole rings is 1. The van der Waals surface area contributed by atoms with E-state index in [2.05, 4.69) is 31.2 Å². The van der Waals surface area contributed by atoms with Gasteiger partial charge in [0, 0.05) is 0 Å². The molecule has 0 amide bonds. The van der Waals surface area contributed by atoms with E-state index in [4.69, 9.17) is 0 Å². The molecule has 0 N–H and O–H groups in total. The van der Waals surface area contributed by atoms with Gasteiger partial charge in [-0.1, -0.05) is 0 Å². The number of fused-ring (bicyclic) bond motifs is 1. The van der Waals surface area contributed by atoms with Gasteiger partial charge in [0.05, 0.1) is 0 Å². The van der Waals surface area contributed by atoms with Crippen LogP contribution in [0.5, 0.6) is 0 Å². The van der Waals surface area contributed by atoms with Crippen LogP contribution in [0.15, 0.2) is 18.9 Å². The van der Waals surface area contributed by atoms with E-state index in [1.165, 1.54) is 6.33 Å². The van der Waals surface area contributed by atoms with Crippen molar-refractivity contribution in [3.8, 4) is 0 Å². The Balaban J connectivity index is 2.93. The number of hydrogen-bond donors (Lipinski definition) is 0. The minimum atomic E-state index is 0.822. The summed E-state index contributed by atoms with van der Waals surface area (Å²) in [6, 6.07) is 0. The molecule has 50 valence electrons. The summed E-state index contributed by atoms with van der Waals surface area (Å²) in [5.41, 5.74) is 1.66. The van der Waals surface area contributed by atoms with Crippen molar-refractivity contribution in [2.24, 2.45) is 0 Å². The summed E-state index contributed by atoms with van der Waals surface area (Å²) in [5, 5.41) is 0. The van der Waals surface area contributed by atoms with Gasteiger partial charge in [0.15, 0.2) is 0 Å². The van der Waals surface area contributed by atoms with Gasteiger partial charge in [-0.15, -0.1) is 0 Å². The van der Waals surface area contributed by atoms with Crippen LogP contribution in [0.25, 0.3) is 11.2 Å². The predicted octanol–water partition coefficient (Wildman–Crippen LogP) is -0.510. The fourth-order valence-corrected chi connectivity index (χ4v) is 1.19. The van der Waals surface area contributed by atoms with Gasteiger partial charge in [-0.25, -0.2) is 0 Å². The zero-order valence-electron chi connectivity index (χ0n) is 4.97. The summed E-state index contributed by atoms with van der Waals surface area (Å²) in [7, 11) is 0. The molecule has 2 heterocycles. The molecule has 0 unspecified atom stereocenters. The number of rotatable bonds is 0. The van der Waals surface area contributed by atoms with Gasteiger partial charge in [-0.05, 0) is 0 Å². The van der Waals surface area contributed by atoms with Crippen molar-refractivity contribution < 1.29 is 0 Å². The Labute approximate surface area is 65.3 Å². The second-order valence-corrected chi connectivity index (χ2v) is 2.72. The first-order valence-corrected chi connectivity index (χ1v) is 3.54. The molecule has 5 heteroatoms. The molecular formula is C5H4N4Se. The second kappa shape index (κ2) is 2.04. The Hall–Kier alpha value is -0.931. The standard InChI is InChI=1S/C5H4N4Se/c10-9-3-8-4-1-6-2-7-5(4)9/h1-3,10H. The van der Waals surface area contributed by atoms with Crippen molar-refractivity contribution in [2.45, 2.75) is 0 Å². The molecule has 10 heavy (non-hydrogen) atoms. The van der Waals surface area contributed by atoms with Crippen LogP contribution in [-0.4, -0.2) is 34.8 Å². The van der Waals surface area contributed by atoms with Gasteiger partial charge in [0.25, 0.3) is 0 Å². The summed E-state index contributed by atoms with van der Waals surface area (Å²) >= 11 is 2.35. The Kier molecular flexibility index (Phi) is 1.19. The zero-order chi connectivity index (χ0) is 6.97. The number of aromatic nitrogens is 4. The van der Waals surface area contributed by atoms with E-state index in [9.17, 15) is 0 Å². The Bertz CT molecular complexity index is 355. The molecule has 0 aliphatic heterocycles. The molecule has 0 radical (unpaired) electrons. The van der Waals surface area contributed by atoms with Gasteiger partial charge >= 0.3 is 64.8 Å². The minimum absolute atomic E-state index is 0.822. The van der Waals surface area contributed by atoms with Crippen LogP contribution < -0.4 is 0 Å². The molecule has 0 aliphatic carbocycles. The van der Waals surface area contributed by atoms with Crippen LogP contribution in [0.4, 0.5) is 0 Å². The van der Waals surface area contributed by atoms with Gasteiger partial charge in [0.2, 0.25) is 0 Å². The van der Waals surface area contributed by atoms with Gasteiger partial charge in [-0.3, -0.25) is 0 Å². The van der Waals surface area contributed by atoms with Crippen LogP contribution in [0.1, 0.15) is 0 Å². The first-order chi connectivity index (χ1) is 4.88. The fourth-order valence-electron chi connectivity index (χ4n) is 0.755. The van der Waals surface area contributed by atoms with Crippen LogP contribution in [0, 0.1) is 0 Å². The van der Waals surface area contributed by atoms with Gasteiger partial charge in [-0.2, -0.15) is 0 Å². The summed E-state index contributed by atoms with van der Waals surface area (Å²) in [4.78, 5) is 11.9. The van der Waals surface area contributed by atoms with Crippen LogP contribution in [0.3, 0.4) is 0 Å². The Morgan fingerprint density at radius 3 is 3.10 bits per heavy atom. The summed E-state index contributed by atoms with van der Waals surface area (Å²) in [6.45, 7) is 0. The van der Waals surface area contributed by atoms with E-state index in [0.29, 0.717) is 0 Å². The quantitative estimate of drug-likeness (QED) is 0.537. The van der Waals surface area contributed by atoms with E-state index in [0.717, 1.165) is 11.2 Å². The van der Waals surface area contributed by atoms with Crippen LogP contribution in [-0.2, 0) is 0 Å². The number of nitrogens with zero attached hydrogens (tertiary/aromatic N) is 4. The molecule has 2 rings (SSSR count). The Morgan fingerprint density at radius 1 is 1.40 bits per heavy atom. The maximum atomic E-state index is 4.04. The number of hydrogen-bond acceptors (Lipinski definition) is 3. The first-order valence-electron chi connectivity index (χ1n) is 2.70. The molecule has 0 aromatic carbocycles. The average molecular weight is 199 g/mol. The molecular weight excluding hydrogens is 195 g/mol. The molecule has 0 spiro atoms. The summed E-state index contributed by atoms with van der Waals surface area (Å²) in [6.07, 6.45) is 4.89. The van der Waals surface area contributed by atoms with Gasteiger partial charge in [0.1, 0.15) is 0 Å². The van der Waals surface area contributed by atoms with Crippen molar-refractivity contribution in [3.63, 3.8) is 0 Å². The van der Waals surface area contributed by atoms with Crippen LogP contribution >= 0.6 is 0 Å². The summed E-state index contributed by atoms with van der Waals surface area (Å²) in [5.74, 6) is 0. The van der Waals surface area contributed by atoms with E-state index >= 15 is 0 Å². The average Bonchev–Trinajstić information content (AvgIpc) is 2.34. The second-order valence-electron chi connectivity index (χ2n) is 1.82. The van der Waals surface area contributed by atoms with Crippen molar-refractivity contribution in [1.29, 1.82) is 0 Å². The molecule has 0 fully saturated rings. The van der Waals surface area contributed by atoms with E-state index in [-0.39, 0.29) is 0 Å². The third-order valence-corrected chi connectivity index (χ3v) is 1.81. The molecule has 2 aromatic rings. The molecule has 0 bridgehead atoms. The van der Waals surface area contributed by atoms with Gasteiger partial charge < -0.3 is 0 Å². The Morgan fingerprint density at radius 2 is 2.30 bits per heavy atom. The fraction of sp³-hybridized carbons (Fsp3) is 0. The van der Waals surface area contributed by atoms with Crippen LogP contribution in [0.2, 0.25) is 0 Å². The zero-order valence-corrected chi connectivity index (χ0v) is 6.84. The molecule has 0 aliphatic rings. The van der Waals surface area contributed by atoms with E-state index in [1.54, 1.807) is 16.1 Å². The van der Waals surface area contributed by atoms with E-state index < -0.39 is 0 Å². The molecule has 0 atom stereocenters. The van der Waals surface area contributed by atoms with Crippen molar-refractivity contribution in [2.75, 3.05) is 0 Å². The normalized spacial score (nSPS) is 10.5. The topological polar surface area (TPSA) is 43.6 Å². The van der Waals surface area contributed by atoms with Crippen molar-refractivity contribution >= 4 is 27.4 Å². The SMILES string of the molecule is [SeH]n1cnc2cncnc21. The predicted molar refractivity (Wildman–Crippen MR) is 37.9 cm³/mol.